The summed E-state index contributed by atoms with van der Waals surface area (Å²) in [4.78, 5) is 12.0. The highest BCUT2D eigenvalue weighted by atomic mass is 19.1. The van der Waals surface area contributed by atoms with Gasteiger partial charge in [-0.3, -0.25) is 4.68 Å². The number of fused-ring (bicyclic) bond motifs is 1. The zero-order valence-corrected chi connectivity index (χ0v) is 15.7. The normalized spacial score (nSPS) is 20.3. The van der Waals surface area contributed by atoms with Crippen molar-refractivity contribution < 1.29 is 13.9 Å². The zero-order valence-electron chi connectivity index (χ0n) is 15.7. The summed E-state index contributed by atoms with van der Waals surface area (Å²) in [5, 5.41) is 8.20. The lowest BCUT2D eigenvalue weighted by Crippen LogP contribution is -2.27. The fraction of sp³-hybridized carbons (Fsp3) is 0.550. The molecule has 3 rings (SSSR count). The van der Waals surface area contributed by atoms with Crippen LogP contribution in [0.15, 0.2) is 24.3 Å². The summed E-state index contributed by atoms with van der Waals surface area (Å²) >= 11 is 0. The second-order valence-corrected chi connectivity index (χ2v) is 7.36. The van der Waals surface area contributed by atoms with Gasteiger partial charge in [0.05, 0.1) is 17.4 Å². The molecule has 26 heavy (non-hydrogen) atoms. The van der Waals surface area contributed by atoms with E-state index in [1.54, 1.807) is 28.9 Å². The molecule has 140 valence electrons. The molecular formula is C20H26FN3O2. The van der Waals surface area contributed by atoms with E-state index in [1.165, 1.54) is 0 Å². The third-order valence-corrected chi connectivity index (χ3v) is 4.87. The SMILES string of the molecule is CC(C)OC(=O)c1ccc(CC2(F)CCCCCc3c2nnn3C)cc1. The molecule has 0 N–H and O–H groups in total. The Hall–Kier alpha value is -2.24. The predicted molar refractivity (Wildman–Crippen MR) is 96.7 cm³/mol. The van der Waals surface area contributed by atoms with Crippen LogP contribution in [0.3, 0.4) is 0 Å². The van der Waals surface area contributed by atoms with Crippen LogP contribution in [0.5, 0.6) is 0 Å². The minimum atomic E-state index is -1.52. The molecule has 1 unspecified atom stereocenters. The number of esters is 1. The molecule has 1 aromatic heterocycles. The average Bonchev–Trinajstić information content (AvgIpc) is 2.94. The number of nitrogens with zero attached hydrogens (tertiary/aromatic N) is 3. The van der Waals surface area contributed by atoms with E-state index >= 15 is 4.39 Å². The van der Waals surface area contributed by atoms with Crippen molar-refractivity contribution in [3.63, 3.8) is 0 Å². The molecule has 1 aliphatic rings. The van der Waals surface area contributed by atoms with Gasteiger partial charge < -0.3 is 4.74 Å². The van der Waals surface area contributed by atoms with Crippen molar-refractivity contribution >= 4 is 5.97 Å². The third kappa shape index (κ3) is 3.94. The molecule has 6 heteroatoms. The number of ether oxygens (including phenoxy) is 1. The van der Waals surface area contributed by atoms with Crippen LogP contribution in [0.4, 0.5) is 4.39 Å². The molecule has 1 aliphatic carbocycles. The molecule has 0 aliphatic heterocycles. The van der Waals surface area contributed by atoms with Gasteiger partial charge in [-0.05, 0) is 57.2 Å². The van der Waals surface area contributed by atoms with Gasteiger partial charge in [0.25, 0.3) is 0 Å². The summed E-state index contributed by atoms with van der Waals surface area (Å²) in [6.07, 6.45) is 4.21. The lowest BCUT2D eigenvalue weighted by molar-refractivity contribution is 0.0378. The lowest BCUT2D eigenvalue weighted by Gasteiger charge is -2.26. The van der Waals surface area contributed by atoms with E-state index < -0.39 is 5.67 Å². The molecule has 0 radical (unpaired) electrons. The van der Waals surface area contributed by atoms with Crippen LogP contribution < -0.4 is 0 Å². The van der Waals surface area contributed by atoms with Crippen LogP contribution in [0.2, 0.25) is 0 Å². The molecule has 5 nitrogen and oxygen atoms in total. The van der Waals surface area contributed by atoms with Crippen molar-refractivity contribution in [1.29, 1.82) is 0 Å². The molecular weight excluding hydrogens is 333 g/mol. The Labute approximate surface area is 153 Å². The van der Waals surface area contributed by atoms with E-state index in [-0.39, 0.29) is 18.5 Å². The Kier molecular flexibility index (Phi) is 5.39. The second kappa shape index (κ2) is 7.56. The number of alkyl halides is 1. The van der Waals surface area contributed by atoms with Crippen LogP contribution in [0.25, 0.3) is 0 Å². The Bertz CT molecular complexity index is 770. The van der Waals surface area contributed by atoms with Crippen LogP contribution in [0, 0.1) is 0 Å². The van der Waals surface area contributed by atoms with E-state index in [0.717, 1.165) is 36.9 Å². The van der Waals surface area contributed by atoms with E-state index in [0.29, 0.717) is 17.7 Å². The fourth-order valence-electron chi connectivity index (χ4n) is 3.53. The van der Waals surface area contributed by atoms with Crippen LogP contribution in [0.1, 0.15) is 66.8 Å². The van der Waals surface area contributed by atoms with E-state index in [1.807, 2.05) is 20.9 Å². The number of hydrogen-bond acceptors (Lipinski definition) is 4. The van der Waals surface area contributed by atoms with Gasteiger partial charge in [-0.2, -0.15) is 0 Å². The van der Waals surface area contributed by atoms with Gasteiger partial charge in [-0.25, -0.2) is 9.18 Å². The van der Waals surface area contributed by atoms with Crippen molar-refractivity contribution in [3.8, 4) is 0 Å². The van der Waals surface area contributed by atoms with Gasteiger partial charge in [-0.1, -0.05) is 23.8 Å². The molecule has 1 heterocycles. The topological polar surface area (TPSA) is 57.0 Å². The molecule has 2 aromatic rings. The van der Waals surface area contributed by atoms with E-state index in [2.05, 4.69) is 10.3 Å². The summed E-state index contributed by atoms with van der Waals surface area (Å²) in [6, 6.07) is 6.99. The number of halogens is 1. The molecule has 0 saturated carbocycles. The van der Waals surface area contributed by atoms with E-state index in [4.69, 9.17) is 4.74 Å². The number of carbonyl (C=O) groups excluding carboxylic acids is 1. The number of benzene rings is 1. The number of aromatic nitrogens is 3. The number of hydrogen-bond donors (Lipinski definition) is 0. The number of carbonyl (C=O) groups is 1. The molecule has 0 spiro atoms. The lowest BCUT2D eigenvalue weighted by atomic mass is 9.84. The summed E-state index contributed by atoms with van der Waals surface area (Å²) in [5.74, 6) is -0.358. The van der Waals surface area contributed by atoms with Gasteiger partial charge in [-0.15, -0.1) is 5.10 Å². The fourth-order valence-corrected chi connectivity index (χ4v) is 3.53. The highest BCUT2D eigenvalue weighted by molar-refractivity contribution is 5.89. The summed E-state index contributed by atoms with van der Waals surface area (Å²) in [5.41, 5.74) is 1.16. The summed E-state index contributed by atoms with van der Waals surface area (Å²) < 4.78 is 22.8. The van der Waals surface area contributed by atoms with Crippen molar-refractivity contribution in [2.24, 2.45) is 7.05 Å². The maximum atomic E-state index is 15.9. The zero-order chi connectivity index (χ0) is 18.7. The van der Waals surface area contributed by atoms with Gasteiger partial charge in [0.15, 0.2) is 5.67 Å². The Morgan fingerprint density at radius 2 is 2.00 bits per heavy atom. The molecule has 0 bridgehead atoms. The Morgan fingerprint density at radius 1 is 1.27 bits per heavy atom. The summed E-state index contributed by atoms with van der Waals surface area (Å²) in [7, 11) is 1.82. The van der Waals surface area contributed by atoms with Gasteiger partial charge in [0.1, 0.15) is 5.69 Å². The van der Waals surface area contributed by atoms with Crippen molar-refractivity contribution in [2.45, 2.75) is 64.1 Å². The first kappa shape index (κ1) is 18.5. The first-order valence-electron chi connectivity index (χ1n) is 9.27. The third-order valence-electron chi connectivity index (χ3n) is 4.87. The molecule has 0 amide bonds. The predicted octanol–water partition coefficient (Wildman–Crippen LogP) is 3.90. The van der Waals surface area contributed by atoms with Gasteiger partial charge in [0.2, 0.25) is 0 Å². The largest absolute Gasteiger partial charge is 0.459 e. The maximum Gasteiger partial charge on any atom is 0.338 e. The van der Waals surface area contributed by atoms with Crippen LogP contribution in [-0.4, -0.2) is 27.1 Å². The van der Waals surface area contributed by atoms with Gasteiger partial charge in [0, 0.05) is 13.5 Å². The quantitative estimate of drug-likeness (QED) is 0.777. The van der Waals surface area contributed by atoms with Gasteiger partial charge >= 0.3 is 5.97 Å². The highest BCUT2D eigenvalue weighted by Gasteiger charge is 2.38. The van der Waals surface area contributed by atoms with E-state index in [9.17, 15) is 4.79 Å². The first-order valence-corrected chi connectivity index (χ1v) is 9.27. The Morgan fingerprint density at radius 3 is 2.69 bits per heavy atom. The van der Waals surface area contributed by atoms with Crippen molar-refractivity contribution in [1.82, 2.24) is 15.0 Å². The van der Waals surface area contributed by atoms with Crippen LogP contribution in [-0.2, 0) is 30.3 Å². The Balaban J connectivity index is 1.82. The van der Waals surface area contributed by atoms with Crippen LogP contribution >= 0.6 is 0 Å². The summed E-state index contributed by atoms with van der Waals surface area (Å²) in [6.45, 7) is 3.62. The van der Waals surface area contributed by atoms with Crippen molar-refractivity contribution in [3.05, 3.63) is 46.8 Å². The molecule has 0 fully saturated rings. The smallest absolute Gasteiger partial charge is 0.338 e. The first-order chi connectivity index (χ1) is 12.4. The second-order valence-electron chi connectivity index (χ2n) is 7.36. The number of aryl methyl sites for hydroxylation is 1. The minimum absolute atomic E-state index is 0.165. The molecule has 0 saturated heterocycles. The molecule has 1 atom stereocenters. The standard InChI is InChI=1S/C20H26FN3O2/c1-14(2)26-19(25)16-10-8-15(9-11-16)13-20(21)12-6-4-5-7-17-18(20)22-23-24(17)3/h8-11,14H,4-7,12-13H2,1-3H3. The van der Waals surface area contributed by atoms with Crippen molar-refractivity contribution in [2.75, 3.05) is 0 Å². The maximum absolute atomic E-state index is 15.9. The monoisotopic (exact) mass is 359 g/mol. The molecule has 1 aromatic carbocycles. The average molecular weight is 359 g/mol. The number of rotatable bonds is 4. The highest BCUT2D eigenvalue weighted by Crippen LogP contribution is 2.38. The minimum Gasteiger partial charge on any atom is -0.459 e.